The lowest BCUT2D eigenvalue weighted by molar-refractivity contribution is -0.134. The molecule has 1 saturated carbocycles. The highest BCUT2D eigenvalue weighted by Gasteiger charge is 2.55. The maximum atomic E-state index is 14.7. The number of piperidine rings is 2. The highest BCUT2D eigenvalue weighted by molar-refractivity contribution is 6.09. The number of nitrogens with one attached hydrogen (secondary N) is 2. The number of pyridine rings is 1. The molecule has 266 valence electrons. The molecular weight excluding hydrogens is 640 g/mol. The van der Waals surface area contributed by atoms with Gasteiger partial charge >= 0.3 is 0 Å². The number of fused-ring (bicyclic) bond motifs is 3. The van der Waals surface area contributed by atoms with Crippen LogP contribution in [0.1, 0.15) is 80.3 Å². The molecule has 0 radical (unpaired) electrons. The van der Waals surface area contributed by atoms with Crippen LogP contribution >= 0.6 is 0 Å². The van der Waals surface area contributed by atoms with E-state index in [4.69, 9.17) is 9.97 Å². The number of aryl methyl sites for hydroxylation is 2. The van der Waals surface area contributed by atoms with Crippen molar-refractivity contribution in [2.75, 3.05) is 43.4 Å². The minimum atomic E-state index is -0.617. The van der Waals surface area contributed by atoms with Gasteiger partial charge in [-0.1, -0.05) is 24.6 Å². The van der Waals surface area contributed by atoms with Crippen LogP contribution < -0.4 is 15.5 Å². The van der Waals surface area contributed by atoms with Crippen molar-refractivity contribution < 1.29 is 14.4 Å². The highest BCUT2D eigenvalue weighted by atomic mass is 16.2. The molecular formula is C40H48N8O3. The van der Waals surface area contributed by atoms with Crippen LogP contribution in [0, 0.1) is 6.92 Å². The van der Waals surface area contributed by atoms with Crippen LogP contribution in [-0.2, 0) is 21.5 Å². The molecule has 0 atom stereocenters. The van der Waals surface area contributed by atoms with E-state index in [0.717, 1.165) is 77.3 Å². The van der Waals surface area contributed by atoms with Crippen LogP contribution in [0.5, 0.6) is 0 Å². The van der Waals surface area contributed by atoms with E-state index in [1.165, 1.54) is 19.3 Å². The monoisotopic (exact) mass is 688 g/mol. The van der Waals surface area contributed by atoms with E-state index < -0.39 is 5.41 Å². The van der Waals surface area contributed by atoms with Gasteiger partial charge in [-0.2, -0.15) is 0 Å². The predicted octanol–water partition coefficient (Wildman–Crippen LogP) is 5.77. The molecule has 8 rings (SSSR count). The van der Waals surface area contributed by atoms with Crippen LogP contribution in [0.3, 0.4) is 0 Å². The second-order valence-electron chi connectivity index (χ2n) is 14.9. The van der Waals surface area contributed by atoms with E-state index in [1.54, 1.807) is 14.0 Å². The van der Waals surface area contributed by atoms with Crippen molar-refractivity contribution in [1.82, 2.24) is 29.7 Å². The number of rotatable bonds is 7. The minimum Gasteiger partial charge on any atom is -0.355 e. The van der Waals surface area contributed by atoms with E-state index in [-0.39, 0.29) is 23.8 Å². The summed E-state index contributed by atoms with van der Waals surface area (Å²) in [5.74, 6) is 0.771. The number of hydrogen-bond acceptors (Lipinski definition) is 7. The van der Waals surface area contributed by atoms with Gasteiger partial charge in [-0.25, -0.2) is 9.97 Å². The molecule has 1 aliphatic carbocycles. The number of nitrogens with zero attached hydrogens (tertiary/aromatic N) is 6. The van der Waals surface area contributed by atoms with E-state index >= 15 is 0 Å². The maximum absolute atomic E-state index is 14.7. The number of benzene rings is 2. The maximum Gasteiger partial charge on any atom is 0.251 e. The van der Waals surface area contributed by atoms with Gasteiger partial charge in [0.15, 0.2) is 5.82 Å². The average Bonchev–Trinajstić information content (AvgIpc) is 3.65. The van der Waals surface area contributed by atoms with Crippen molar-refractivity contribution >= 4 is 45.9 Å². The lowest BCUT2D eigenvalue weighted by Gasteiger charge is -2.48. The number of carbonyl (C=O) groups is 3. The molecule has 3 amide bonds. The Morgan fingerprint density at radius 3 is 2.43 bits per heavy atom. The fourth-order valence-electron chi connectivity index (χ4n) is 8.94. The quantitative estimate of drug-likeness (QED) is 0.253. The predicted molar refractivity (Wildman–Crippen MR) is 199 cm³/mol. The average molecular weight is 689 g/mol. The third-order valence-electron chi connectivity index (χ3n) is 12.0. The normalized spacial score (nSPS) is 21.5. The number of aromatic nitrogens is 3. The van der Waals surface area contributed by atoms with Crippen LogP contribution in [0.25, 0.3) is 22.3 Å². The van der Waals surface area contributed by atoms with Gasteiger partial charge in [0.1, 0.15) is 5.52 Å². The Morgan fingerprint density at radius 1 is 0.961 bits per heavy atom. The van der Waals surface area contributed by atoms with Crippen molar-refractivity contribution in [3.63, 3.8) is 0 Å². The van der Waals surface area contributed by atoms with Crippen LogP contribution in [0.4, 0.5) is 17.2 Å². The molecule has 4 aliphatic rings. The number of carbonyl (C=O) groups excluding carboxylic acids is 3. The second-order valence-corrected chi connectivity index (χ2v) is 14.9. The van der Waals surface area contributed by atoms with Gasteiger partial charge in [0, 0.05) is 68.2 Å². The summed E-state index contributed by atoms with van der Waals surface area (Å²) >= 11 is 0. The Hall–Kier alpha value is -4.77. The van der Waals surface area contributed by atoms with Crippen molar-refractivity contribution in [3.05, 3.63) is 65.5 Å². The zero-order valence-electron chi connectivity index (χ0n) is 30.2. The summed E-state index contributed by atoms with van der Waals surface area (Å²) in [5, 5.41) is 6.25. The van der Waals surface area contributed by atoms with E-state index in [9.17, 15) is 14.4 Å². The van der Waals surface area contributed by atoms with E-state index in [0.29, 0.717) is 43.4 Å². The van der Waals surface area contributed by atoms with Crippen LogP contribution in [0.2, 0.25) is 0 Å². The van der Waals surface area contributed by atoms with Crippen molar-refractivity contribution in [1.29, 1.82) is 0 Å². The zero-order valence-corrected chi connectivity index (χ0v) is 30.2. The van der Waals surface area contributed by atoms with Gasteiger partial charge in [-0.05, 0) is 101 Å². The Morgan fingerprint density at radius 2 is 1.73 bits per heavy atom. The molecule has 11 heteroatoms. The third-order valence-corrected chi connectivity index (χ3v) is 12.0. The summed E-state index contributed by atoms with van der Waals surface area (Å²) in [6.45, 7) is 9.84. The van der Waals surface area contributed by atoms with Gasteiger partial charge < -0.3 is 29.9 Å². The lowest BCUT2D eigenvalue weighted by Crippen LogP contribution is -2.58. The third kappa shape index (κ3) is 5.66. The van der Waals surface area contributed by atoms with E-state index in [1.807, 2.05) is 42.4 Å². The van der Waals surface area contributed by atoms with Gasteiger partial charge in [0.2, 0.25) is 11.8 Å². The molecule has 3 aliphatic heterocycles. The first kappa shape index (κ1) is 33.4. The molecule has 3 fully saturated rings. The molecule has 2 N–H and O–H groups in total. The molecule has 0 unspecified atom stereocenters. The fourth-order valence-corrected chi connectivity index (χ4v) is 8.94. The number of hydrogen-bond donors (Lipinski definition) is 2. The number of likely N-dealkylation sites (tertiary alicyclic amines) is 2. The number of amides is 3. The molecule has 2 aromatic carbocycles. The summed E-state index contributed by atoms with van der Waals surface area (Å²) < 4.78 is 2.07. The number of anilines is 3. The Labute approximate surface area is 299 Å². The Bertz CT molecular complexity index is 2020. The summed E-state index contributed by atoms with van der Waals surface area (Å²) in [7, 11) is 1.64. The topological polar surface area (TPSA) is 116 Å². The summed E-state index contributed by atoms with van der Waals surface area (Å²) in [6, 6.07) is 14.9. The summed E-state index contributed by atoms with van der Waals surface area (Å²) in [5.41, 5.74) is 7.07. The molecule has 5 heterocycles. The van der Waals surface area contributed by atoms with Gasteiger partial charge in [-0.15, -0.1) is 0 Å². The van der Waals surface area contributed by atoms with Crippen molar-refractivity contribution in [2.45, 2.75) is 89.8 Å². The Balaban J connectivity index is 1.18. The van der Waals surface area contributed by atoms with Crippen LogP contribution in [-0.4, -0.2) is 87.4 Å². The molecule has 2 aromatic heterocycles. The van der Waals surface area contributed by atoms with Gasteiger partial charge in [-0.3, -0.25) is 14.4 Å². The largest absolute Gasteiger partial charge is 0.355 e. The van der Waals surface area contributed by atoms with Crippen molar-refractivity contribution in [3.8, 4) is 11.3 Å². The summed E-state index contributed by atoms with van der Waals surface area (Å²) in [6.07, 6.45) is 8.92. The zero-order chi connectivity index (χ0) is 35.4. The highest BCUT2D eigenvalue weighted by Crippen LogP contribution is 2.52. The number of imidazole rings is 1. The molecule has 0 bridgehead atoms. The molecule has 11 nitrogen and oxygen atoms in total. The Kier molecular flexibility index (Phi) is 8.56. The SMILES string of the molecule is CCn1cnc2cc(-c3ccc4c(c3)N([C@H]3C[C@@H](N5CCCCC5)C3)C(=O)C43CCN(C(C)=O)CC3)nc(Nc3ccc(C)c(C(=O)NC)c3)c21. The standard InChI is InChI=1S/C40H48N8O3/c1-5-45-24-42-34-23-33(44-37(36(34)45)43-28-11-9-25(2)31(20-28)38(50)41-4)27-10-12-32-35(19-27)48(30-21-29(22-30)47-15-7-6-8-16-47)39(51)40(32)13-17-46(18-14-40)26(3)49/h9-12,19-20,23-24,29-30H,5-8,13-18,21-22H2,1-4H3,(H,41,50)(H,43,44)/t29-,30+. The van der Waals surface area contributed by atoms with Crippen LogP contribution in [0.15, 0.2) is 48.8 Å². The fraction of sp³-hybridized carbons (Fsp3) is 0.475. The first-order valence-electron chi connectivity index (χ1n) is 18.6. The molecule has 51 heavy (non-hydrogen) atoms. The lowest BCUT2D eigenvalue weighted by atomic mass is 9.73. The van der Waals surface area contributed by atoms with E-state index in [2.05, 4.69) is 50.1 Å². The van der Waals surface area contributed by atoms with Gasteiger partial charge in [0.05, 0.1) is 23.0 Å². The van der Waals surface area contributed by atoms with Gasteiger partial charge in [0.25, 0.3) is 5.91 Å². The first-order valence-corrected chi connectivity index (χ1v) is 18.6. The van der Waals surface area contributed by atoms with Crippen molar-refractivity contribution in [2.24, 2.45) is 0 Å². The molecule has 2 saturated heterocycles. The first-order chi connectivity index (χ1) is 24.7. The second kappa shape index (κ2) is 13.1. The molecule has 4 aromatic rings. The molecule has 1 spiro atoms. The smallest absolute Gasteiger partial charge is 0.251 e. The minimum absolute atomic E-state index is 0.0676. The summed E-state index contributed by atoms with van der Waals surface area (Å²) in [4.78, 5) is 56.2.